The van der Waals surface area contributed by atoms with Crippen LogP contribution in [-0.4, -0.2) is 19.3 Å². The van der Waals surface area contributed by atoms with E-state index in [-0.39, 0.29) is 5.82 Å². The predicted octanol–water partition coefficient (Wildman–Crippen LogP) is 3.01. The quantitative estimate of drug-likeness (QED) is 0.776. The van der Waals surface area contributed by atoms with Gasteiger partial charge >= 0.3 is 0 Å². The normalized spacial score (nSPS) is 21.6. The smallest absolute Gasteiger partial charge is 0.127 e. The summed E-state index contributed by atoms with van der Waals surface area (Å²) in [6.45, 7) is 1.98. The van der Waals surface area contributed by atoms with Crippen LogP contribution in [0.2, 0.25) is 0 Å². The van der Waals surface area contributed by atoms with E-state index in [0.29, 0.717) is 5.92 Å². The predicted molar refractivity (Wildman–Crippen MR) is 63.0 cm³/mol. The van der Waals surface area contributed by atoms with Crippen molar-refractivity contribution < 1.29 is 4.39 Å². The lowest BCUT2D eigenvalue weighted by atomic mass is 9.91. The number of halogens is 1. The van der Waals surface area contributed by atoms with E-state index >= 15 is 0 Å². The van der Waals surface area contributed by atoms with Crippen LogP contribution in [0.15, 0.2) is 23.1 Å². The van der Waals surface area contributed by atoms with E-state index < -0.39 is 0 Å². The third-order valence-corrected chi connectivity index (χ3v) is 3.73. The fourth-order valence-electron chi connectivity index (χ4n) is 2.19. The maximum atomic E-state index is 13.8. The SMILES string of the molecule is CSc1cccc(F)c1C1CCCNC1. The van der Waals surface area contributed by atoms with Crippen LogP contribution in [0.5, 0.6) is 0 Å². The molecule has 0 radical (unpaired) electrons. The van der Waals surface area contributed by atoms with Crippen LogP contribution in [0.25, 0.3) is 0 Å². The van der Waals surface area contributed by atoms with Crippen LogP contribution >= 0.6 is 11.8 Å². The number of piperidine rings is 1. The second-order valence-corrected chi connectivity index (χ2v) is 4.75. The highest BCUT2D eigenvalue weighted by molar-refractivity contribution is 7.98. The Kier molecular flexibility index (Phi) is 3.65. The first-order valence-corrected chi connectivity index (χ1v) is 6.58. The molecule has 1 heterocycles. The minimum Gasteiger partial charge on any atom is -0.316 e. The minimum atomic E-state index is -0.0458. The first-order valence-electron chi connectivity index (χ1n) is 5.36. The Hall–Kier alpha value is -0.540. The summed E-state index contributed by atoms with van der Waals surface area (Å²) < 4.78 is 13.8. The van der Waals surface area contributed by atoms with Crippen molar-refractivity contribution in [3.05, 3.63) is 29.6 Å². The summed E-state index contributed by atoms with van der Waals surface area (Å²) in [5, 5.41) is 3.34. The van der Waals surface area contributed by atoms with E-state index in [1.165, 1.54) is 0 Å². The molecule has 1 atom stereocenters. The summed E-state index contributed by atoms with van der Waals surface area (Å²) >= 11 is 1.64. The van der Waals surface area contributed by atoms with Crippen LogP contribution < -0.4 is 5.32 Å². The molecule has 1 aliphatic heterocycles. The molecule has 1 unspecified atom stereocenters. The van der Waals surface area contributed by atoms with Crippen molar-refractivity contribution in [2.24, 2.45) is 0 Å². The Balaban J connectivity index is 2.31. The van der Waals surface area contributed by atoms with E-state index in [4.69, 9.17) is 0 Å². The zero-order chi connectivity index (χ0) is 10.7. The van der Waals surface area contributed by atoms with Crippen LogP contribution in [0.1, 0.15) is 24.3 Å². The van der Waals surface area contributed by atoms with Crippen molar-refractivity contribution in [1.29, 1.82) is 0 Å². The molecule has 0 aliphatic carbocycles. The van der Waals surface area contributed by atoms with Crippen LogP contribution in [-0.2, 0) is 0 Å². The molecule has 1 nitrogen and oxygen atoms in total. The number of hydrogen-bond donors (Lipinski definition) is 1. The molecule has 1 aromatic rings. The van der Waals surface area contributed by atoms with Crippen LogP contribution in [0, 0.1) is 5.82 Å². The lowest BCUT2D eigenvalue weighted by Crippen LogP contribution is -2.29. The monoisotopic (exact) mass is 225 g/mol. The van der Waals surface area contributed by atoms with Crippen LogP contribution in [0.4, 0.5) is 4.39 Å². The maximum absolute atomic E-state index is 13.8. The minimum absolute atomic E-state index is 0.0458. The zero-order valence-electron chi connectivity index (χ0n) is 8.92. The van der Waals surface area contributed by atoms with Gasteiger partial charge in [0.25, 0.3) is 0 Å². The summed E-state index contributed by atoms with van der Waals surface area (Å²) in [5.41, 5.74) is 0.914. The van der Waals surface area contributed by atoms with Crippen molar-refractivity contribution in [1.82, 2.24) is 5.32 Å². The topological polar surface area (TPSA) is 12.0 Å². The first-order chi connectivity index (χ1) is 7.33. The standard InChI is InChI=1S/C12H16FNS/c1-15-11-6-2-5-10(13)12(11)9-4-3-7-14-8-9/h2,5-6,9,14H,3-4,7-8H2,1H3. The highest BCUT2D eigenvalue weighted by Gasteiger charge is 2.21. The molecule has 0 bridgehead atoms. The zero-order valence-corrected chi connectivity index (χ0v) is 9.74. The van der Waals surface area contributed by atoms with E-state index in [1.54, 1.807) is 23.9 Å². The number of nitrogens with one attached hydrogen (secondary N) is 1. The van der Waals surface area contributed by atoms with Crippen LogP contribution in [0.3, 0.4) is 0 Å². The third-order valence-electron chi connectivity index (χ3n) is 2.94. The van der Waals surface area contributed by atoms with Gasteiger partial charge in [-0.1, -0.05) is 6.07 Å². The molecule has 1 aromatic carbocycles. The molecule has 15 heavy (non-hydrogen) atoms. The molecular formula is C12H16FNS. The Morgan fingerprint density at radius 2 is 2.33 bits per heavy atom. The summed E-state index contributed by atoms with van der Waals surface area (Å²) in [7, 11) is 0. The van der Waals surface area contributed by atoms with Gasteiger partial charge in [0.1, 0.15) is 5.82 Å². The lowest BCUT2D eigenvalue weighted by molar-refractivity contribution is 0.441. The van der Waals surface area contributed by atoms with Crippen molar-refractivity contribution >= 4 is 11.8 Å². The summed E-state index contributed by atoms with van der Waals surface area (Å²) in [6.07, 6.45) is 4.25. The molecule has 0 spiro atoms. The molecule has 1 saturated heterocycles. The van der Waals surface area contributed by atoms with Gasteiger partial charge < -0.3 is 5.32 Å². The molecule has 0 amide bonds. The van der Waals surface area contributed by atoms with Crippen molar-refractivity contribution in [2.45, 2.75) is 23.7 Å². The second-order valence-electron chi connectivity index (χ2n) is 3.90. The Labute approximate surface area is 94.5 Å². The van der Waals surface area contributed by atoms with Gasteiger partial charge in [0, 0.05) is 22.9 Å². The fourth-order valence-corrected chi connectivity index (χ4v) is 2.89. The molecular weight excluding hydrogens is 209 g/mol. The van der Waals surface area contributed by atoms with E-state index in [0.717, 1.165) is 36.4 Å². The van der Waals surface area contributed by atoms with Gasteiger partial charge in [0.15, 0.2) is 0 Å². The number of hydrogen-bond acceptors (Lipinski definition) is 2. The third kappa shape index (κ3) is 2.34. The van der Waals surface area contributed by atoms with Crippen molar-refractivity contribution in [3.63, 3.8) is 0 Å². The van der Waals surface area contributed by atoms with E-state index in [9.17, 15) is 4.39 Å². The molecule has 82 valence electrons. The molecule has 0 saturated carbocycles. The van der Waals surface area contributed by atoms with Gasteiger partial charge in [0.2, 0.25) is 0 Å². The summed E-state index contributed by atoms with van der Waals surface area (Å²) in [6, 6.07) is 5.38. The largest absolute Gasteiger partial charge is 0.316 e. The highest BCUT2D eigenvalue weighted by Crippen LogP contribution is 2.33. The summed E-state index contributed by atoms with van der Waals surface area (Å²) in [5.74, 6) is 0.304. The Bertz CT molecular complexity index is 334. The lowest BCUT2D eigenvalue weighted by Gasteiger charge is -2.25. The first kappa shape index (κ1) is 11.0. The average molecular weight is 225 g/mol. The average Bonchev–Trinajstić information content (AvgIpc) is 2.29. The number of rotatable bonds is 2. The van der Waals surface area contributed by atoms with Gasteiger partial charge in [0.05, 0.1) is 0 Å². The molecule has 1 N–H and O–H groups in total. The van der Waals surface area contributed by atoms with Gasteiger partial charge in [-0.25, -0.2) is 4.39 Å². The molecule has 0 aromatic heterocycles. The number of benzene rings is 1. The van der Waals surface area contributed by atoms with E-state index in [2.05, 4.69) is 5.32 Å². The molecule has 2 rings (SSSR count). The molecule has 1 fully saturated rings. The Morgan fingerprint density at radius 3 is 3.00 bits per heavy atom. The highest BCUT2D eigenvalue weighted by atomic mass is 32.2. The van der Waals surface area contributed by atoms with Gasteiger partial charge in [-0.05, 0) is 37.8 Å². The van der Waals surface area contributed by atoms with Gasteiger partial charge in [-0.15, -0.1) is 11.8 Å². The summed E-state index contributed by atoms with van der Waals surface area (Å²) in [4.78, 5) is 1.09. The van der Waals surface area contributed by atoms with E-state index in [1.807, 2.05) is 12.3 Å². The van der Waals surface area contributed by atoms with Gasteiger partial charge in [-0.2, -0.15) is 0 Å². The van der Waals surface area contributed by atoms with Gasteiger partial charge in [-0.3, -0.25) is 0 Å². The molecule has 3 heteroatoms. The second kappa shape index (κ2) is 4.99. The maximum Gasteiger partial charge on any atom is 0.127 e. The van der Waals surface area contributed by atoms with Crippen molar-refractivity contribution in [2.75, 3.05) is 19.3 Å². The number of thioether (sulfide) groups is 1. The molecule has 1 aliphatic rings. The Morgan fingerprint density at radius 1 is 1.47 bits per heavy atom. The fraction of sp³-hybridized carbons (Fsp3) is 0.500. The van der Waals surface area contributed by atoms with Crippen molar-refractivity contribution in [3.8, 4) is 0 Å².